The minimum absolute atomic E-state index is 0.293. The van der Waals surface area contributed by atoms with Crippen molar-refractivity contribution in [1.29, 1.82) is 0 Å². The van der Waals surface area contributed by atoms with Gasteiger partial charge in [0.1, 0.15) is 5.82 Å². The Bertz CT molecular complexity index is 803. The predicted molar refractivity (Wildman–Crippen MR) is 79.9 cm³/mol. The molecule has 0 saturated heterocycles. The van der Waals surface area contributed by atoms with Crippen LogP contribution in [0, 0.1) is 19.7 Å². The zero-order chi connectivity index (χ0) is 14.4. The Kier molecular flexibility index (Phi) is 2.91. The lowest BCUT2D eigenvalue weighted by atomic mass is 10.1. The first-order valence-corrected chi connectivity index (χ1v) is 6.56. The minimum atomic E-state index is -0.293. The van der Waals surface area contributed by atoms with E-state index < -0.39 is 0 Å². The molecular formula is C15H13ClFN3. The summed E-state index contributed by atoms with van der Waals surface area (Å²) < 4.78 is 15.4. The number of imidazole rings is 1. The molecular weight excluding hydrogens is 277 g/mol. The minimum Gasteiger partial charge on any atom is -0.369 e. The fraction of sp³-hybridized carbons (Fsp3) is 0.133. The van der Waals surface area contributed by atoms with Crippen molar-refractivity contribution < 1.29 is 4.39 Å². The first-order chi connectivity index (χ1) is 9.49. The number of nitrogens with two attached hydrogens (primary N) is 1. The third-order valence-corrected chi connectivity index (χ3v) is 3.68. The second-order valence-electron chi connectivity index (χ2n) is 4.80. The predicted octanol–water partition coefficient (Wildman–Crippen LogP) is 4.02. The van der Waals surface area contributed by atoms with Crippen LogP contribution < -0.4 is 5.73 Å². The average molecular weight is 290 g/mol. The molecule has 3 aromatic rings. The van der Waals surface area contributed by atoms with E-state index in [1.54, 1.807) is 23.6 Å². The maximum absolute atomic E-state index is 13.6. The zero-order valence-corrected chi connectivity index (χ0v) is 11.9. The second kappa shape index (κ2) is 4.49. The van der Waals surface area contributed by atoms with Gasteiger partial charge in [-0.3, -0.25) is 4.57 Å². The van der Waals surface area contributed by atoms with Crippen LogP contribution in [0.3, 0.4) is 0 Å². The molecule has 3 rings (SSSR count). The highest BCUT2D eigenvalue weighted by atomic mass is 35.5. The first-order valence-electron chi connectivity index (χ1n) is 6.18. The van der Waals surface area contributed by atoms with Gasteiger partial charge in [-0.05, 0) is 37.1 Å². The number of hydrogen-bond acceptors (Lipinski definition) is 2. The summed E-state index contributed by atoms with van der Waals surface area (Å²) >= 11 is 6.29. The van der Waals surface area contributed by atoms with Gasteiger partial charge in [0.15, 0.2) is 0 Å². The topological polar surface area (TPSA) is 43.8 Å². The van der Waals surface area contributed by atoms with Crippen molar-refractivity contribution in [2.24, 2.45) is 0 Å². The number of halogens is 2. The third kappa shape index (κ3) is 1.84. The molecule has 102 valence electrons. The quantitative estimate of drug-likeness (QED) is 0.735. The Labute approximate surface area is 120 Å². The van der Waals surface area contributed by atoms with E-state index in [2.05, 4.69) is 4.98 Å². The molecule has 0 saturated carbocycles. The molecule has 0 bridgehead atoms. The van der Waals surface area contributed by atoms with E-state index in [4.69, 9.17) is 17.3 Å². The van der Waals surface area contributed by atoms with E-state index in [-0.39, 0.29) is 5.82 Å². The highest BCUT2D eigenvalue weighted by Crippen LogP contribution is 2.31. The Balaban J connectivity index is 2.42. The molecule has 0 aliphatic carbocycles. The average Bonchev–Trinajstić information content (AvgIpc) is 2.67. The number of nitrogens with zero attached hydrogens (tertiary/aromatic N) is 2. The smallest absolute Gasteiger partial charge is 0.205 e. The van der Waals surface area contributed by atoms with Crippen molar-refractivity contribution in [3.63, 3.8) is 0 Å². The van der Waals surface area contributed by atoms with Crippen LogP contribution in [0.1, 0.15) is 11.1 Å². The first kappa shape index (κ1) is 12.9. The Hall–Kier alpha value is -2.07. The molecule has 0 spiro atoms. The number of anilines is 1. The lowest BCUT2D eigenvalue weighted by Crippen LogP contribution is -2.03. The lowest BCUT2D eigenvalue weighted by molar-refractivity contribution is 0.620. The molecule has 2 N–H and O–H groups in total. The molecule has 0 unspecified atom stereocenters. The monoisotopic (exact) mass is 289 g/mol. The molecule has 0 atom stereocenters. The van der Waals surface area contributed by atoms with E-state index in [1.165, 1.54) is 6.07 Å². The largest absolute Gasteiger partial charge is 0.369 e. The van der Waals surface area contributed by atoms with E-state index in [0.29, 0.717) is 22.1 Å². The highest BCUT2D eigenvalue weighted by molar-refractivity contribution is 6.32. The van der Waals surface area contributed by atoms with Gasteiger partial charge in [-0.25, -0.2) is 9.37 Å². The van der Waals surface area contributed by atoms with Crippen molar-refractivity contribution in [3.8, 4) is 5.69 Å². The fourth-order valence-corrected chi connectivity index (χ4v) is 2.67. The van der Waals surface area contributed by atoms with Crippen LogP contribution in [0.25, 0.3) is 16.7 Å². The van der Waals surface area contributed by atoms with Crippen LogP contribution in [0.5, 0.6) is 0 Å². The Morgan fingerprint density at radius 3 is 2.65 bits per heavy atom. The number of fused-ring (bicyclic) bond motifs is 1. The summed E-state index contributed by atoms with van der Waals surface area (Å²) in [6.45, 7) is 3.66. The highest BCUT2D eigenvalue weighted by Gasteiger charge is 2.16. The normalized spacial score (nSPS) is 11.2. The van der Waals surface area contributed by atoms with Gasteiger partial charge in [0.25, 0.3) is 0 Å². The van der Waals surface area contributed by atoms with Gasteiger partial charge in [-0.1, -0.05) is 23.7 Å². The zero-order valence-electron chi connectivity index (χ0n) is 11.1. The number of aromatic nitrogens is 2. The van der Waals surface area contributed by atoms with Gasteiger partial charge in [0.05, 0.1) is 21.7 Å². The molecule has 0 fully saturated rings. The van der Waals surface area contributed by atoms with Gasteiger partial charge in [-0.15, -0.1) is 0 Å². The van der Waals surface area contributed by atoms with Crippen molar-refractivity contribution in [1.82, 2.24) is 9.55 Å². The van der Waals surface area contributed by atoms with Crippen LogP contribution in [0.15, 0.2) is 30.3 Å². The summed E-state index contributed by atoms with van der Waals surface area (Å²) in [6.07, 6.45) is 0. The molecule has 0 aliphatic heterocycles. The maximum atomic E-state index is 13.6. The summed E-state index contributed by atoms with van der Waals surface area (Å²) in [6, 6.07) is 8.75. The van der Waals surface area contributed by atoms with E-state index in [1.807, 2.05) is 19.1 Å². The van der Waals surface area contributed by atoms with Crippen molar-refractivity contribution in [3.05, 3.63) is 52.3 Å². The number of benzene rings is 2. The number of rotatable bonds is 1. The summed E-state index contributed by atoms with van der Waals surface area (Å²) in [7, 11) is 0. The fourth-order valence-electron chi connectivity index (χ4n) is 2.36. The second-order valence-corrected chi connectivity index (χ2v) is 5.21. The van der Waals surface area contributed by atoms with Crippen molar-refractivity contribution >= 4 is 28.6 Å². The summed E-state index contributed by atoms with van der Waals surface area (Å²) in [5, 5.41) is 0.581. The standard InChI is InChI=1S/C15H13ClFN3/c1-8-4-3-5-10(16)14(8)20-13-6-9(2)11(17)7-12(13)19-15(20)18/h3-7H,1-2H3,(H2,18,19). The molecule has 0 amide bonds. The molecule has 1 aromatic heterocycles. The van der Waals surface area contributed by atoms with E-state index in [0.717, 1.165) is 16.8 Å². The van der Waals surface area contributed by atoms with Crippen LogP contribution >= 0.6 is 11.6 Å². The van der Waals surface area contributed by atoms with Crippen LogP contribution in [0.4, 0.5) is 10.3 Å². The lowest BCUT2D eigenvalue weighted by Gasteiger charge is -2.12. The number of hydrogen-bond donors (Lipinski definition) is 1. The Morgan fingerprint density at radius 1 is 1.20 bits per heavy atom. The van der Waals surface area contributed by atoms with Gasteiger partial charge in [0, 0.05) is 6.07 Å². The number of nitrogen functional groups attached to an aromatic ring is 1. The summed E-state index contributed by atoms with van der Waals surface area (Å²) in [4.78, 5) is 4.22. The summed E-state index contributed by atoms with van der Waals surface area (Å²) in [5.41, 5.74) is 9.56. The van der Waals surface area contributed by atoms with Gasteiger partial charge in [-0.2, -0.15) is 0 Å². The van der Waals surface area contributed by atoms with Gasteiger partial charge >= 0.3 is 0 Å². The van der Waals surface area contributed by atoms with Gasteiger partial charge < -0.3 is 5.73 Å². The van der Waals surface area contributed by atoms with Crippen LogP contribution in [-0.2, 0) is 0 Å². The third-order valence-electron chi connectivity index (χ3n) is 3.37. The molecule has 2 aromatic carbocycles. The summed E-state index contributed by atoms with van der Waals surface area (Å²) in [5.74, 6) is -0.000712. The number of para-hydroxylation sites is 1. The van der Waals surface area contributed by atoms with Crippen molar-refractivity contribution in [2.75, 3.05) is 5.73 Å². The van der Waals surface area contributed by atoms with Crippen LogP contribution in [-0.4, -0.2) is 9.55 Å². The molecule has 0 aliphatic rings. The molecule has 20 heavy (non-hydrogen) atoms. The molecule has 1 heterocycles. The number of aryl methyl sites for hydroxylation is 2. The van der Waals surface area contributed by atoms with Crippen molar-refractivity contribution in [2.45, 2.75) is 13.8 Å². The molecule has 3 nitrogen and oxygen atoms in total. The molecule has 5 heteroatoms. The van der Waals surface area contributed by atoms with E-state index in [9.17, 15) is 4.39 Å². The van der Waals surface area contributed by atoms with E-state index >= 15 is 0 Å². The van der Waals surface area contributed by atoms with Crippen LogP contribution in [0.2, 0.25) is 5.02 Å². The maximum Gasteiger partial charge on any atom is 0.205 e. The van der Waals surface area contributed by atoms with Gasteiger partial charge in [0.2, 0.25) is 5.95 Å². The SMILES string of the molecule is Cc1cc2c(cc1F)nc(N)n2-c1c(C)cccc1Cl. The molecule has 0 radical (unpaired) electrons. The Morgan fingerprint density at radius 2 is 1.95 bits per heavy atom.